The second kappa shape index (κ2) is 8.82. The maximum atomic E-state index is 13.8. The predicted octanol–water partition coefficient (Wildman–Crippen LogP) is 4.01. The highest BCUT2D eigenvalue weighted by molar-refractivity contribution is 6.07. The molecule has 0 radical (unpaired) electrons. The molecule has 0 aromatic carbocycles. The van der Waals surface area contributed by atoms with Gasteiger partial charge in [-0.1, -0.05) is 48.1 Å². The Morgan fingerprint density at radius 3 is 2.81 bits per heavy atom. The summed E-state index contributed by atoms with van der Waals surface area (Å²) in [6.45, 7) is 2.93. The van der Waals surface area contributed by atoms with E-state index in [4.69, 9.17) is 0 Å². The van der Waals surface area contributed by atoms with Gasteiger partial charge in [-0.25, -0.2) is 4.98 Å². The summed E-state index contributed by atoms with van der Waals surface area (Å²) in [5.41, 5.74) is 5.57. The van der Waals surface area contributed by atoms with Crippen LogP contribution in [-0.2, 0) is 17.8 Å². The van der Waals surface area contributed by atoms with E-state index in [2.05, 4.69) is 39.2 Å². The summed E-state index contributed by atoms with van der Waals surface area (Å²) in [6, 6.07) is 10.1. The Bertz CT molecular complexity index is 1100. The van der Waals surface area contributed by atoms with Crippen LogP contribution in [0.4, 0.5) is 5.82 Å². The Balaban J connectivity index is 1.44. The van der Waals surface area contributed by atoms with Crippen molar-refractivity contribution in [3.05, 3.63) is 101 Å². The highest BCUT2D eigenvalue weighted by Gasteiger charge is 2.33. The number of rotatable bonds is 4. The van der Waals surface area contributed by atoms with Gasteiger partial charge in [0.15, 0.2) is 0 Å². The molecule has 0 atom stereocenters. The van der Waals surface area contributed by atoms with Crippen LogP contribution in [0.1, 0.15) is 24.1 Å². The normalized spacial score (nSPS) is 18.9. The molecule has 2 aromatic rings. The van der Waals surface area contributed by atoms with Crippen LogP contribution >= 0.6 is 0 Å². The Labute approximate surface area is 183 Å². The van der Waals surface area contributed by atoms with E-state index >= 15 is 0 Å². The van der Waals surface area contributed by atoms with Crippen molar-refractivity contribution in [2.24, 2.45) is 0 Å². The second-order valence-corrected chi connectivity index (χ2v) is 8.26. The molecule has 1 aliphatic carbocycles. The smallest absolute Gasteiger partial charge is 0.256 e. The third kappa shape index (κ3) is 4.28. The van der Waals surface area contributed by atoms with Crippen molar-refractivity contribution in [1.29, 1.82) is 0 Å². The van der Waals surface area contributed by atoms with Gasteiger partial charge in [-0.15, -0.1) is 0 Å². The molecule has 5 nitrogen and oxygen atoms in total. The Morgan fingerprint density at radius 1 is 0.968 bits per heavy atom. The zero-order valence-corrected chi connectivity index (χ0v) is 17.6. The fourth-order valence-electron chi connectivity index (χ4n) is 4.52. The first-order valence-electron chi connectivity index (χ1n) is 10.9. The average molecular weight is 411 g/mol. The van der Waals surface area contributed by atoms with Crippen LogP contribution in [0.5, 0.6) is 0 Å². The van der Waals surface area contributed by atoms with E-state index in [-0.39, 0.29) is 5.91 Å². The zero-order chi connectivity index (χ0) is 21.0. The van der Waals surface area contributed by atoms with Crippen LogP contribution < -0.4 is 4.90 Å². The Kier molecular flexibility index (Phi) is 5.59. The molecule has 0 spiro atoms. The molecular formula is C26H26N4O. The molecule has 5 rings (SSSR count). The number of amides is 1. The standard InChI is InChI=1S/C26H26N4O/c31-26-24-19-29(18-23-11-5-6-13-27-23)15-12-21(24)16-22-10-7-14-28-25(22)30(26)17-20-8-3-1-2-4-9-20/h1-8,10-11,13-14H,9,12,15-19H2. The minimum absolute atomic E-state index is 0.0938. The van der Waals surface area contributed by atoms with Gasteiger partial charge < -0.3 is 0 Å². The molecule has 3 aliphatic rings. The lowest BCUT2D eigenvalue weighted by atomic mass is 9.94. The minimum Gasteiger partial charge on any atom is -0.293 e. The summed E-state index contributed by atoms with van der Waals surface area (Å²) in [5, 5.41) is 0. The van der Waals surface area contributed by atoms with Crippen molar-refractivity contribution in [3.63, 3.8) is 0 Å². The van der Waals surface area contributed by atoms with Crippen LogP contribution in [-0.4, -0.2) is 40.4 Å². The zero-order valence-electron chi connectivity index (χ0n) is 17.6. The molecule has 0 bridgehead atoms. The second-order valence-electron chi connectivity index (χ2n) is 8.26. The lowest BCUT2D eigenvalue weighted by molar-refractivity contribution is -0.115. The molecule has 5 heteroatoms. The van der Waals surface area contributed by atoms with Crippen molar-refractivity contribution in [2.75, 3.05) is 24.5 Å². The first kappa shape index (κ1) is 19.6. The first-order valence-corrected chi connectivity index (χ1v) is 10.9. The van der Waals surface area contributed by atoms with E-state index in [0.717, 1.165) is 55.0 Å². The van der Waals surface area contributed by atoms with Crippen LogP contribution in [0.2, 0.25) is 0 Å². The van der Waals surface area contributed by atoms with E-state index in [1.165, 1.54) is 11.1 Å². The summed E-state index contributed by atoms with van der Waals surface area (Å²) in [5.74, 6) is 0.896. The maximum Gasteiger partial charge on any atom is 0.256 e. The van der Waals surface area contributed by atoms with Crippen LogP contribution in [0.3, 0.4) is 0 Å². The maximum absolute atomic E-state index is 13.8. The third-order valence-corrected chi connectivity index (χ3v) is 6.11. The van der Waals surface area contributed by atoms with Crippen molar-refractivity contribution in [1.82, 2.24) is 14.9 Å². The van der Waals surface area contributed by atoms with Crippen molar-refractivity contribution >= 4 is 11.7 Å². The highest BCUT2D eigenvalue weighted by Crippen LogP contribution is 2.33. The Morgan fingerprint density at radius 2 is 1.90 bits per heavy atom. The SMILES string of the molecule is O=C1C2=C(CCN(Cc3ccccn3)C2)Cc2cccnc2N1CC1=CC=CC=CC1. The largest absolute Gasteiger partial charge is 0.293 e. The topological polar surface area (TPSA) is 49.3 Å². The van der Waals surface area contributed by atoms with Crippen molar-refractivity contribution < 1.29 is 4.79 Å². The van der Waals surface area contributed by atoms with Gasteiger partial charge in [0.1, 0.15) is 5.82 Å². The average Bonchev–Trinajstić information content (AvgIpc) is 3.13. The number of anilines is 1. The van der Waals surface area contributed by atoms with E-state index < -0.39 is 0 Å². The molecular weight excluding hydrogens is 384 g/mol. The molecule has 0 saturated carbocycles. The van der Waals surface area contributed by atoms with Gasteiger partial charge in [-0.05, 0) is 48.6 Å². The number of nitrogens with zero attached hydrogens (tertiary/aromatic N) is 4. The number of carbonyl (C=O) groups is 1. The van der Waals surface area contributed by atoms with E-state index in [1.54, 1.807) is 6.20 Å². The molecule has 0 saturated heterocycles. The highest BCUT2D eigenvalue weighted by atomic mass is 16.2. The quantitative estimate of drug-likeness (QED) is 0.764. The fourth-order valence-corrected chi connectivity index (χ4v) is 4.52. The van der Waals surface area contributed by atoms with Gasteiger partial charge in [0, 0.05) is 44.1 Å². The fraction of sp³-hybridized carbons (Fsp3) is 0.269. The van der Waals surface area contributed by atoms with Crippen molar-refractivity contribution in [3.8, 4) is 0 Å². The third-order valence-electron chi connectivity index (χ3n) is 6.11. The van der Waals surface area contributed by atoms with Crippen molar-refractivity contribution in [2.45, 2.75) is 25.8 Å². The van der Waals surface area contributed by atoms with Crippen LogP contribution in [0.15, 0.2) is 89.8 Å². The van der Waals surface area contributed by atoms with Gasteiger partial charge in [0.05, 0.1) is 5.69 Å². The molecule has 0 N–H and O–H groups in total. The molecule has 0 fully saturated rings. The molecule has 156 valence electrons. The first-order chi connectivity index (χ1) is 15.3. The van der Waals surface area contributed by atoms with Crippen LogP contribution in [0.25, 0.3) is 0 Å². The molecule has 4 heterocycles. The Hall–Kier alpha value is -3.31. The summed E-state index contributed by atoms with van der Waals surface area (Å²) in [4.78, 5) is 27.1. The molecule has 2 aliphatic heterocycles. The summed E-state index contributed by atoms with van der Waals surface area (Å²) < 4.78 is 0. The lowest BCUT2D eigenvalue weighted by Crippen LogP contribution is -2.40. The summed E-state index contributed by atoms with van der Waals surface area (Å²) in [7, 11) is 0. The molecule has 0 unspecified atom stereocenters. The monoisotopic (exact) mass is 410 g/mol. The number of hydrogen-bond donors (Lipinski definition) is 0. The van der Waals surface area contributed by atoms with E-state index in [0.29, 0.717) is 13.1 Å². The number of aromatic nitrogens is 2. The van der Waals surface area contributed by atoms with Gasteiger partial charge in [-0.2, -0.15) is 0 Å². The number of fused-ring (bicyclic) bond motifs is 1. The van der Waals surface area contributed by atoms with Gasteiger partial charge in [-0.3, -0.25) is 19.6 Å². The molecule has 1 amide bonds. The van der Waals surface area contributed by atoms with Gasteiger partial charge in [0.2, 0.25) is 0 Å². The molecule has 31 heavy (non-hydrogen) atoms. The van der Waals surface area contributed by atoms with Crippen LogP contribution in [0, 0.1) is 0 Å². The minimum atomic E-state index is 0.0938. The van der Waals surface area contributed by atoms with E-state index in [9.17, 15) is 4.79 Å². The summed E-state index contributed by atoms with van der Waals surface area (Å²) >= 11 is 0. The molecule has 2 aromatic heterocycles. The number of carbonyl (C=O) groups excluding carboxylic acids is 1. The van der Waals surface area contributed by atoms with E-state index in [1.807, 2.05) is 47.5 Å². The number of pyridine rings is 2. The summed E-state index contributed by atoms with van der Waals surface area (Å²) in [6.07, 6.45) is 16.5. The van der Waals surface area contributed by atoms with Gasteiger partial charge >= 0.3 is 0 Å². The number of hydrogen-bond acceptors (Lipinski definition) is 4. The van der Waals surface area contributed by atoms with Gasteiger partial charge in [0.25, 0.3) is 5.91 Å². The predicted molar refractivity (Wildman–Crippen MR) is 122 cm³/mol. The number of allylic oxidation sites excluding steroid dienone is 5. The lowest BCUT2D eigenvalue weighted by Gasteiger charge is -2.31.